The van der Waals surface area contributed by atoms with Gasteiger partial charge in [-0.15, -0.1) is 11.8 Å². The van der Waals surface area contributed by atoms with Crippen molar-refractivity contribution in [3.8, 4) is 0 Å². The Labute approximate surface area is 146 Å². The summed E-state index contributed by atoms with van der Waals surface area (Å²) in [6, 6.07) is 0. The van der Waals surface area contributed by atoms with Crippen LogP contribution >= 0.6 is 23.5 Å². The monoisotopic (exact) mass is 352 g/mol. The molecule has 3 rings (SSSR count). The average Bonchev–Trinajstić information content (AvgIpc) is 2.85. The summed E-state index contributed by atoms with van der Waals surface area (Å²) in [5, 5.41) is 2.70. The van der Waals surface area contributed by atoms with E-state index in [4.69, 9.17) is 4.74 Å². The second kappa shape index (κ2) is 6.63. The first kappa shape index (κ1) is 17.1. The zero-order valence-electron chi connectivity index (χ0n) is 14.2. The average molecular weight is 353 g/mol. The molecule has 1 aromatic rings. The topological polar surface area (TPSA) is 52.1 Å². The van der Waals surface area contributed by atoms with Crippen LogP contribution in [0.1, 0.15) is 58.4 Å². The third-order valence-electron chi connectivity index (χ3n) is 4.62. The number of rotatable bonds is 4. The maximum atomic E-state index is 12.2. The molecule has 0 spiro atoms. The van der Waals surface area contributed by atoms with Gasteiger partial charge in [0, 0.05) is 16.7 Å². The molecular weight excluding hydrogens is 328 g/mol. The summed E-state index contributed by atoms with van der Waals surface area (Å²) in [6.07, 6.45) is 5.35. The van der Waals surface area contributed by atoms with Gasteiger partial charge in [-0.25, -0.2) is 9.97 Å². The van der Waals surface area contributed by atoms with Crippen LogP contribution in [0.4, 0.5) is 0 Å². The van der Waals surface area contributed by atoms with Crippen LogP contribution in [0.3, 0.4) is 0 Å². The van der Waals surface area contributed by atoms with E-state index in [-0.39, 0.29) is 5.97 Å². The lowest BCUT2D eigenvalue weighted by Gasteiger charge is -2.30. The van der Waals surface area contributed by atoms with Gasteiger partial charge in [0.2, 0.25) is 0 Å². The van der Waals surface area contributed by atoms with E-state index in [1.807, 2.05) is 32.5 Å². The van der Waals surface area contributed by atoms with Gasteiger partial charge in [-0.1, -0.05) is 25.1 Å². The number of ether oxygens (including phenoxy) is 1. The van der Waals surface area contributed by atoms with Gasteiger partial charge in [0.05, 0.1) is 6.61 Å². The van der Waals surface area contributed by atoms with Crippen molar-refractivity contribution in [1.82, 2.24) is 9.97 Å². The maximum Gasteiger partial charge on any atom is 0.322 e. The van der Waals surface area contributed by atoms with Crippen LogP contribution < -0.4 is 0 Å². The highest BCUT2D eigenvalue weighted by Gasteiger charge is 2.42. The first-order valence-electron chi connectivity index (χ1n) is 8.30. The molecule has 3 atom stereocenters. The van der Waals surface area contributed by atoms with Crippen molar-refractivity contribution in [2.45, 2.75) is 72.9 Å². The Bertz CT molecular complexity index is 606. The first-order chi connectivity index (χ1) is 10.9. The number of hydrogen-bond donors (Lipinski definition) is 0. The molecule has 0 saturated heterocycles. The molecule has 0 amide bonds. The Morgan fingerprint density at radius 1 is 1.43 bits per heavy atom. The molecule has 0 N–H and O–H groups in total. The minimum atomic E-state index is -0.636. The summed E-state index contributed by atoms with van der Waals surface area (Å²) < 4.78 is 4.57. The molecule has 1 fully saturated rings. The highest BCUT2D eigenvalue weighted by Crippen LogP contribution is 2.55. The molecule has 1 aliphatic heterocycles. The Morgan fingerprint density at radius 3 is 2.96 bits per heavy atom. The van der Waals surface area contributed by atoms with E-state index < -0.39 is 4.75 Å². The molecule has 0 bridgehead atoms. The molecule has 2 aliphatic rings. The molecule has 3 unspecified atom stereocenters. The van der Waals surface area contributed by atoms with E-state index in [1.165, 1.54) is 36.6 Å². The lowest BCUT2D eigenvalue weighted by atomic mass is 9.80. The number of esters is 1. The third-order valence-corrected chi connectivity index (χ3v) is 7.19. The lowest BCUT2D eigenvalue weighted by Crippen LogP contribution is -2.30. The van der Waals surface area contributed by atoms with Crippen LogP contribution in [-0.4, -0.2) is 32.5 Å². The third kappa shape index (κ3) is 3.38. The van der Waals surface area contributed by atoms with Gasteiger partial charge in [0.15, 0.2) is 0 Å². The van der Waals surface area contributed by atoms with E-state index in [0.29, 0.717) is 17.8 Å². The number of carbonyl (C=O) groups excluding carboxylic acids is 1. The zero-order valence-corrected chi connectivity index (χ0v) is 15.8. The van der Waals surface area contributed by atoms with Crippen molar-refractivity contribution in [1.29, 1.82) is 0 Å². The Balaban J connectivity index is 1.86. The van der Waals surface area contributed by atoms with Crippen molar-refractivity contribution >= 4 is 29.5 Å². The highest BCUT2D eigenvalue weighted by atomic mass is 32.2. The van der Waals surface area contributed by atoms with E-state index in [2.05, 4.69) is 16.9 Å². The highest BCUT2D eigenvalue weighted by molar-refractivity contribution is 8.01. The summed E-state index contributed by atoms with van der Waals surface area (Å²) in [5.74, 6) is 1.14. The van der Waals surface area contributed by atoms with Gasteiger partial charge in [-0.2, -0.15) is 0 Å². The van der Waals surface area contributed by atoms with Crippen LogP contribution in [0.25, 0.3) is 0 Å². The maximum absolute atomic E-state index is 12.2. The predicted octanol–water partition coefficient (Wildman–Crippen LogP) is 4.29. The molecular formula is C17H24N2O2S2. The van der Waals surface area contributed by atoms with Crippen LogP contribution in [0, 0.1) is 5.92 Å². The zero-order chi connectivity index (χ0) is 16.6. The van der Waals surface area contributed by atoms with E-state index >= 15 is 0 Å². The van der Waals surface area contributed by atoms with Crippen molar-refractivity contribution in [3.05, 3.63) is 11.9 Å². The van der Waals surface area contributed by atoms with Gasteiger partial charge in [-0.05, 0) is 39.5 Å². The lowest BCUT2D eigenvalue weighted by molar-refractivity contribution is -0.145. The molecule has 0 radical (unpaired) electrons. The minimum Gasteiger partial charge on any atom is -0.465 e. The molecule has 1 saturated carbocycles. The normalized spacial score (nSPS) is 26.5. The molecule has 23 heavy (non-hydrogen) atoms. The summed E-state index contributed by atoms with van der Waals surface area (Å²) in [7, 11) is 0. The van der Waals surface area contributed by atoms with Crippen molar-refractivity contribution in [3.63, 3.8) is 0 Å². The summed E-state index contributed by atoms with van der Waals surface area (Å²) in [5.41, 5.74) is 1.27. The quantitative estimate of drug-likeness (QED) is 0.458. The molecule has 1 aromatic heterocycles. The van der Waals surface area contributed by atoms with Gasteiger partial charge in [0.25, 0.3) is 0 Å². The molecule has 4 nitrogen and oxygen atoms in total. The minimum absolute atomic E-state index is 0.183. The first-order valence-corrected chi connectivity index (χ1v) is 9.99. The summed E-state index contributed by atoms with van der Waals surface area (Å²) in [4.78, 5) is 21.2. The second-order valence-corrected chi connectivity index (χ2v) is 9.75. The number of fused-ring (bicyclic) bond motifs is 3. The van der Waals surface area contributed by atoms with Crippen LogP contribution in [0.5, 0.6) is 0 Å². The standard InChI is InChI=1S/C17H24N2O2S2/c1-5-21-16(20)17(3,4)23-15-13-11-7-6-10(2)8-12(11)22-14(13)18-9-19-15/h9-12H,5-8H2,1-4H3. The number of carbonyl (C=O) groups is 1. The molecule has 6 heteroatoms. The Morgan fingerprint density at radius 2 is 2.22 bits per heavy atom. The number of nitrogens with zero attached hydrogens (tertiary/aromatic N) is 2. The SMILES string of the molecule is CCOC(=O)C(C)(C)Sc1ncnc2c1C1CCC(C)CC1S2. The van der Waals surface area contributed by atoms with Gasteiger partial charge >= 0.3 is 5.97 Å². The van der Waals surface area contributed by atoms with Crippen LogP contribution in [0.2, 0.25) is 0 Å². The summed E-state index contributed by atoms with van der Waals surface area (Å²) in [6.45, 7) is 8.40. The van der Waals surface area contributed by atoms with Crippen molar-refractivity contribution in [2.24, 2.45) is 5.92 Å². The summed E-state index contributed by atoms with van der Waals surface area (Å²) >= 11 is 3.42. The van der Waals surface area contributed by atoms with Gasteiger partial charge in [0.1, 0.15) is 21.1 Å². The Kier molecular flexibility index (Phi) is 4.93. The van der Waals surface area contributed by atoms with Gasteiger partial charge < -0.3 is 4.74 Å². The Hall–Kier alpha value is -0.750. The number of thioether (sulfide) groups is 2. The predicted molar refractivity (Wildman–Crippen MR) is 94.0 cm³/mol. The smallest absolute Gasteiger partial charge is 0.322 e. The fraction of sp³-hybridized carbons (Fsp3) is 0.706. The number of hydrogen-bond acceptors (Lipinski definition) is 6. The number of aromatic nitrogens is 2. The van der Waals surface area contributed by atoms with Crippen LogP contribution in [-0.2, 0) is 9.53 Å². The fourth-order valence-electron chi connectivity index (χ4n) is 3.38. The van der Waals surface area contributed by atoms with Crippen molar-refractivity contribution in [2.75, 3.05) is 6.61 Å². The molecule has 126 valence electrons. The molecule has 0 aromatic carbocycles. The molecule has 2 heterocycles. The van der Waals surface area contributed by atoms with E-state index in [9.17, 15) is 4.79 Å². The van der Waals surface area contributed by atoms with E-state index in [0.717, 1.165) is 16.0 Å². The largest absolute Gasteiger partial charge is 0.465 e. The molecule has 1 aliphatic carbocycles. The second-order valence-electron chi connectivity index (χ2n) is 6.91. The van der Waals surface area contributed by atoms with Gasteiger partial charge in [-0.3, -0.25) is 4.79 Å². The van der Waals surface area contributed by atoms with Crippen LogP contribution in [0.15, 0.2) is 16.4 Å². The van der Waals surface area contributed by atoms with Crippen molar-refractivity contribution < 1.29 is 9.53 Å². The fourth-order valence-corrected chi connectivity index (χ4v) is 6.16. The van der Waals surface area contributed by atoms with E-state index in [1.54, 1.807) is 6.33 Å².